The van der Waals surface area contributed by atoms with Crippen LogP contribution in [0.15, 0.2) is 67.0 Å². The van der Waals surface area contributed by atoms with Gasteiger partial charge in [0.2, 0.25) is 0 Å². The van der Waals surface area contributed by atoms with Gasteiger partial charge in [0.15, 0.2) is 5.11 Å². The standard InChI is InChI=1S/C23H26N4S/c1-3-4-15-27-22(21(25-23(27)28)19-8-5-6-14-24-19)20-9-7-16-26(20)18-12-10-17(2)11-13-18/h5-14,16,21-22H,3-4,15H2,1-2H3,(H,25,28)/t21-,22+/m1/s1. The zero-order valence-electron chi connectivity index (χ0n) is 16.4. The van der Waals surface area contributed by atoms with Crippen LogP contribution >= 0.6 is 12.2 Å². The Balaban J connectivity index is 1.78. The van der Waals surface area contributed by atoms with Crippen molar-refractivity contribution in [3.8, 4) is 5.69 Å². The number of hydrogen-bond donors (Lipinski definition) is 1. The van der Waals surface area contributed by atoms with E-state index in [2.05, 4.69) is 82.3 Å². The molecule has 0 amide bonds. The van der Waals surface area contributed by atoms with Gasteiger partial charge < -0.3 is 14.8 Å². The molecule has 5 heteroatoms. The summed E-state index contributed by atoms with van der Waals surface area (Å²) in [5.41, 5.74) is 4.67. The molecule has 0 saturated carbocycles. The van der Waals surface area contributed by atoms with Crippen LogP contribution in [-0.4, -0.2) is 26.1 Å². The summed E-state index contributed by atoms with van der Waals surface area (Å²) in [5, 5.41) is 4.35. The fourth-order valence-corrected chi connectivity index (χ4v) is 4.20. The minimum absolute atomic E-state index is 0.0321. The van der Waals surface area contributed by atoms with E-state index in [1.807, 2.05) is 18.3 Å². The Hall–Kier alpha value is -2.66. The second-order valence-corrected chi connectivity index (χ2v) is 7.70. The molecule has 1 aliphatic rings. The van der Waals surface area contributed by atoms with Crippen molar-refractivity contribution in [1.82, 2.24) is 19.8 Å². The topological polar surface area (TPSA) is 33.1 Å². The van der Waals surface area contributed by atoms with E-state index in [0.717, 1.165) is 30.2 Å². The molecular formula is C23H26N4S. The monoisotopic (exact) mass is 390 g/mol. The Morgan fingerprint density at radius 1 is 1.07 bits per heavy atom. The number of pyridine rings is 1. The van der Waals surface area contributed by atoms with Crippen molar-refractivity contribution in [2.45, 2.75) is 38.8 Å². The maximum absolute atomic E-state index is 5.74. The highest BCUT2D eigenvalue weighted by molar-refractivity contribution is 7.80. The van der Waals surface area contributed by atoms with E-state index < -0.39 is 0 Å². The SMILES string of the molecule is CCCCN1C(=S)N[C@H](c2ccccn2)[C@@H]1c1cccn1-c1ccc(C)cc1. The molecule has 1 N–H and O–H groups in total. The predicted molar refractivity (Wildman–Crippen MR) is 118 cm³/mol. The molecule has 0 aliphatic carbocycles. The van der Waals surface area contributed by atoms with Gasteiger partial charge in [-0.2, -0.15) is 0 Å². The summed E-state index contributed by atoms with van der Waals surface area (Å²) in [6.45, 7) is 5.27. The van der Waals surface area contributed by atoms with Crippen molar-refractivity contribution in [2.75, 3.05) is 6.54 Å². The third-order valence-corrected chi connectivity index (χ3v) is 5.70. The Kier molecular flexibility index (Phi) is 5.44. The fraction of sp³-hybridized carbons (Fsp3) is 0.304. The van der Waals surface area contributed by atoms with E-state index in [1.165, 1.54) is 16.9 Å². The van der Waals surface area contributed by atoms with Crippen molar-refractivity contribution in [2.24, 2.45) is 0 Å². The van der Waals surface area contributed by atoms with Crippen LogP contribution in [0.5, 0.6) is 0 Å². The normalized spacial score (nSPS) is 19.1. The van der Waals surface area contributed by atoms with Gasteiger partial charge in [-0.05, 0) is 62.0 Å². The molecule has 1 aliphatic heterocycles. The lowest BCUT2D eigenvalue weighted by atomic mass is 10.0. The van der Waals surface area contributed by atoms with Crippen molar-refractivity contribution < 1.29 is 0 Å². The molecule has 28 heavy (non-hydrogen) atoms. The Bertz CT molecular complexity index is 933. The Morgan fingerprint density at radius 3 is 2.61 bits per heavy atom. The largest absolute Gasteiger partial charge is 0.352 e. The number of nitrogens with one attached hydrogen (secondary N) is 1. The third kappa shape index (κ3) is 3.54. The van der Waals surface area contributed by atoms with Crippen LogP contribution in [-0.2, 0) is 0 Å². The van der Waals surface area contributed by atoms with Crippen molar-refractivity contribution in [3.63, 3.8) is 0 Å². The van der Waals surface area contributed by atoms with Gasteiger partial charge >= 0.3 is 0 Å². The smallest absolute Gasteiger partial charge is 0.170 e. The van der Waals surface area contributed by atoms with Crippen molar-refractivity contribution >= 4 is 17.3 Å². The molecule has 4 nitrogen and oxygen atoms in total. The third-order valence-electron chi connectivity index (χ3n) is 5.35. The number of benzene rings is 1. The van der Waals surface area contributed by atoms with E-state index in [1.54, 1.807) is 0 Å². The van der Waals surface area contributed by atoms with Crippen LogP contribution in [0.3, 0.4) is 0 Å². The highest BCUT2D eigenvalue weighted by Crippen LogP contribution is 2.39. The van der Waals surface area contributed by atoms with Gasteiger partial charge in [0, 0.05) is 30.3 Å². The van der Waals surface area contributed by atoms with Gasteiger partial charge in [-0.15, -0.1) is 0 Å². The summed E-state index contributed by atoms with van der Waals surface area (Å²) in [7, 11) is 0. The van der Waals surface area contributed by atoms with E-state index in [-0.39, 0.29) is 12.1 Å². The fourth-order valence-electron chi connectivity index (χ4n) is 3.87. The molecule has 2 atom stereocenters. The first-order valence-electron chi connectivity index (χ1n) is 9.91. The number of rotatable bonds is 6. The molecule has 0 bridgehead atoms. The Labute approximate surface area is 172 Å². The number of aryl methyl sites for hydroxylation is 1. The van der Waals surface area contributed by atoms with Crippen LogP contribution in [0.4, 0.5) is 0 Å². The zero-order chi connectivity index (χ0) is 19.5. The second-order valence-electron chi connectivity index (χ2n) is 7.31. The molecule has 0 spiro atoms. The van der Waals surface area contributed by atoms with Crippen molar-refractivity contribution in [3.05, 3.63) is 83.9 Å². The quantitative estimate of drug-likeness (QED) is 0.604. The lowest BCUT2D eigenvalue weighted by molar-refractivity contribution is 0.304. The Morgan fingerprint density at radius 2 is 1.89 bits per heavy atom. The maximum Gasteiger partial charge on any atom is 0.170 e. The molecule has 2 aromatic heterocycles. The van der Waals surface area contributed by atoms with Gasteiger partial charge in [-0.3, -0.25) is 4.98 Å². The first-order chi connectivity index (χ1) is 13.7. The predicted octanol–water partition coefficient (Wildman–Crippen LogP) is 4.95. The van der Waals surface area contributed by atoms with Crippen LogP contribution in [0.1, 0.15) is 48.8 Å². The van der Waals surface area contributed by atoms with Crippen LogP contribution in [0.2, 0.25) is 0 Å². The van der Waals surface area contributed by atoms with E-state index in [0.29, 0.717) is 0 Å². The van der Waals surface area contributed by atoms with Gasteiger partial charge in [0.25, 0.3) is 0 Å². The van der Waals surface area contributed by atoms with Crippen LogP contribution in [0.25, 0.3) is 5.69 Å². The maximum atomic E-state index is 5.74. The molecule has 0 radical (unpaired) electrons. The van der Waals surface area contributed by atoms with Gasteiger partial charge in [-0.25, -0.2) is 0 Å². The molecule has 0 unspecified atom stereocenters. The summed E-state index contributed by atoms with van der Waals surface area (Å²) in [6.07, 6.45) is 6.23. The molecule has 144 valence electrons. The number of thiocarbonyl (C=S) groups is 1. The summed E-state index contributed by atoms with van der Waals surface area (Å²) in [5.74, 6) is 0. The molecule has 1 saturated heterocycles. The summed E-state index contributed by atoms with van der Waals surface area (Å²) >= 11 is 5.74. The molecule has 3 aromatic rings. The molecule has 4 rings (SSSR count). The lowest BCUT2D eigenvalue weighted by Crippen LogP contribution is -2.31. The number of nitrogens with zero attached hydrogens (tertiary/aromatic N) is 3. The lowest BCUT2D eigenvalue weighted by Gasteiger charge is -2.29. The van der Waals surface area contributed by atoms with Crippen molar-refractivity contribution in [1.29, 1.82) is 0 Å². The van der Waals surface area contributed by atoms with E-state index in [9.17, 15) is 0 Å². The number of unbranched alkanes of at least 4 members (excludes halogenated alkanes) is 1. The summed E-state index contributed by atoms with van der Waals surface area (Å²) in [4.78, 5) is 6.96. The first-order valence-corrected chi connectivity index (χ1v) is 10.3. The molecule has 1 fully saturated rings. The van der Waals surface area contributed by atoms with Gasteiger partial charge in [-0.1, -0.05) is 37.1 Å². The molecule has 1 aromatic carbocycles. The summed E-state index contributed by atoms with van der Waals surface area (Å²) < 4.78 is 2.27. The molecule has 3 heterocycles. The number of aromatic nitrogens is 2. The van der Waals surface area contributed by atoms with E-state index in [4.69, 9.17) is 12.2 Å². The average Bonchev–Trinajstić information content (AvgIpc) is 3.32. The number of hydrogen-bond acceptors (Lipinski definition) is 2. The molecular weight excluding hydrogens is 364 g/mol. The highest BCUT2D eigenvalue weighted by Gasteiger charge is 2.40. The van der Waals surface area contributed by atoms with Gasteiger partial charge in [0.05, 0.1) is 17.8 Å². The van der Waals surface area contributed by atoms with Gasteiger partial charge in [0.1, 0.15) is 0 Å². The minimum atomic E-state index is 0.0321. The highest BCUT2D eigenvalue weighted by atomic mass is 32.1. The second kappa shape index (κ2) is 8.15. The summed E-state index contributed by atoms with van der Waals surface area (Å²) in [6, 6.07) is 19.2. The minimum Gasteiger partial charge on any atom is -0.352 e. The zero-order valence-corrected chi connectivity index (χ0v) is 17.2. The van der Waals surface area contributed by atoms with Crippen LogP contribution in [0, 0.1) is 6.92 Å². The van der Waals surface area contributed by atoms with E-state index >= 15 is 0 Å². The van der Waals surface area contributed by atoms with Crippen LogP contribution < -0.4 is 5.32 Å². The first kappa shape index (κ1) is 18.7. The average molecular weight is 391 g/mol.